The van der Waals surface area contributed by atoms with Gasteiger partial charge in [-0.2, -0.15) is 18.4 Å². The maximum absolute atomic E-state index is 13.0. The SMILES string of the molecule is CC1(C)C(NC(=O)c2ccc(O[C@@H]3CCNC3)cc2)C(C)(C)C1Oc1ccc(C#N)c(Cl)c1.O=C(O)C(F)(F)F. The fraction of sp³-hybridized carbons (Fsp3) is 0.464. The lowest BCUT2D eigenvalue weighted by Crippen LogP contribution is -2.74. The summed E-state index contributed by atoms with van der Waals surface area (Å²) in [6.07, 6.45) is -4.05. The Labute approximate surface area is 235 Å². The Morgan fingerprint density at radius 3 is 2.12 bits per heavy atom. The van der Waals surface area contributed by atoms with Crippen LogP contribution in [0.15, 0.2) is 42.5 Å². The van der Waals surface area contributed by atoms with Crippen molar-refractivity contribution < 1.29 is 37.3 Å². The zero-order valence-corrected chi connectivity index (χ0v) is 23.2. The van der Waals surface area contributed by atoms with Gasteiger partial charge in [-0.1, -0.05) is 39.3 Å². The molecule has 216 valence electrons. The number of halogens is 4. The molecular formula is C28H31ClF3N3O5. The lowest BCUT2D eigenvalue weighted by atomic mass is 9.49. The molecule has 0 spiro atoms. The van der Waals surface area contributed by atoms with Gasteiger partial charge in [0, 0.05) is 35.0 Å². The lowest BCUT2D eigenvalue weighted by Gasteiger charge is -2.63. The van der Waals surface area contributed by atoms with Crippen molar-refractivity contribution in [1.29, 1.82) is 5.26 Å². The number of hydrogen-bond acceptors (Lipinski definition) is 6. The summed E-state index contributed by atoms with van der Waals surface area (Å²) in [4.78, 5) is 21.9. The van der Waals surface area contributed by atoms with E-state index < -0.39 is 12.1 Å². The van der Waals surface area contributed by atoms with Crippen LogP contribution in [0.25, 0.3) is 0 Å². The van der Waals surface area contributed by atoms with Gasteiger partial charge in [-0.05, 0) is 49.4 Å². The van der Waals surface area contributed by atoms with Crippen LogP contribution in [0, 0.1) is 22.2 Å². The van der Waals surface area contributed by atoms with E-state index in [9.17, 15) is 18.0 Å². The van der Waals surface area contributed by atoms with E-state index in [0.717, 1.165) is 25.3 Å². The van der Waals surface area contributed by atoms with Gasteiger partial charge in [-0.3, -0.25) is 4.79 Å². The minimum Gasteiger partial charge on any atom is -0.489 e. The van der Waals surface area contributed by atoms with Crippen LogP contribution in [0.3, 0.4) is 0 Å². The smallest absolute Gasteiger partial charge is 0.489 e. The van der Waals surface area contributed by atoms with Crippen molar-refractivity contribution in [3.05, 3.63) is 58.6 Å². The van der Waals surface area contributed by atoms with Crippen molar-refractivity contribution in [2.45, 2.75) is 58.5 Å². The minimum atomic E-state index is -5.08. The molecule has 1 aliphatic heterocycles. The number of alkyl halides is 3. The highest BCUT2D eigenvalue weighted by atomic mass is 35.5. The number of nitrogens with one attached hydrogen (secondary N) is 2. The van der Waals surface area contributed by atoms with Gasteiger partial charge in [-0.25, -0.2) is 4.79 Å². The number of amides is 1. The second-order valence-electron chi connectivity index (χ2n) is 10.9. The first-order valence-electron chi connectivity index (χ1n) is 12.5. The van der Waals surface area contributed by atoms with Gasteiger partial charge >= 0.3 is 12.1 Å². The van der Waals surface area contributed by atoms with Gasteiger partial charge < -0.3 is 25.2 Å². The van der Waals surface area contributed by atoms with Crippen LogP contribution < -0.4 is 20.1 Å². The molecular weight excluding hydrogens is 551 g/mol. The first-order valence-corrected chi connectivity index (χ1v) is 12.9. The summed E-state index contributed by atoms with van der Waals surface area (Å²) < 4.78 is 44.0. The molecule has 4 rings (SSSR count). The zero-order valence-electron chi connectivity index (χ0n) is 22.4. The maximum atomic E-state index is 13.0. The summed E-state index contributed by atoms with van der Waals surface area (Å²) in [7, 11) is 0. The van der Waals surface area contributed by atoms with Crippen molar-refractivity contribution in [1.82, 2.24) is 10.6 Å². The first kappa shape index (κ1) is 31.0. The van der Waals surface area contributed by atoms with E-state index in [0.29, 0.717) is 21.9 Å². The highest BCUT2D eigenvalue weighted by molar-refractivity contribution is 6.31. The van der Waals surface area contributed by atoms with Gasteiger partial charge in [-0.15, -0.1) is 0 Å². The Bertz CT molecular complexity index is 1250. The molecule has 1 saturated heterocycles. The summed E-state index contributed by atoms with van der Waals surface area (Å²) in [5, 5.41) is 23.1. The number of benzene rings is 2. The highest BCUT2D eigenvalue weighted by Gasteiger charge is 2.64. The molecule has 0 aromatic heterocycles. The Balaban J connectivity index is 0.000000559. The molecule has 2 aromatic carbocycles. The van der Waals surface area contributed by atoms with Crippen LogP contribution in [-0.2, 0) is 4.79 Å². The maximum Gasteiger partial charge on any atom is 0.490 e. The molecule has 2 aromatic rings. The summed E-state index contributed by atoms with van der Waals surface area (Å²) in [5.74, 6) is -1.48. The number of ether oxygens (including phenoxy) is 2. The summed E-state index contributed by atoms with van der Waals surface area (Å²) in [5.41, 5.74) is 0.398. The fourth-order valence-corrected chi connectivity index (χ4v) is 5.63. The molecule has 40 heavy (non-hydrogen) atoms. The van der Waals surface area contributed by atoms with Crippen molar-refractivity contribution >= 4 is 23.5 Å². The number of carboxylic acid groups (broad SMARTS) is 1. The molecule has 12 heteroatoms. The predicted molar refractivity (Wildman–Crippen MR) is 141 cm³/mol. The molecule has 1 heterocycles. The minimum absolute atomic E-state index is 0.0863. The van der Waals surface area contributed by atoms with Gasteiger partial charge in [0.15, 0.2) is 0 Å². The number of aliphatic carboxylic acids is 1. The van der Waals surface area contributed by atoms with Crippen LogP contribution in [-0.4, -0.2) is 54.5 Å². The van der Waals surface area contributed by atoms with E-state index in [1.165, 1.54) is 0 Å². The molecule has 0 bridgehead atoms. The van der Waals surface area contributed by atoms with Gasteiger partial charge in [0.1, 0.15) is 29.8 Å². The monoisotopic (exact) mass is 581 g/mol. The number of hydrogen-bond donors (Lipinski definition) is 3. The van der Waals surface area contributed by atoms with Gasteiger partial charge in [0.05, 0.1) is 10.6 Å². The van der Waals surface area contributed by atoms with Crippen LogP contribution in [0.4, 0.5) is 13.2 Å². The van der Waals surface area contributed by atoms with Gasteiger partial charge in [0.2, 0.25) is 0 Å². The van der Waals surface area contributed by atoms with Crippen molar-refractivity contribution in [3.8, 4) is 17.6 Å². The number of carboxylic acids is 1. The number of nitrogens with zero attached hydrogens (tertiary/aromatic N) is 1. The van der Waals surface area contributed by atoms with Crippen molar-refractivity contribution in [2.75, 3.05) is 13.1 Å². The third-order valence-corrected chi connectivity index (χ3v) is 7.42. The highest BCUT2D eigenvalue weighted by Crippen LogP contribution is 2.55. The number of rotatable bonds is 6. The van der Waals surface area contributed by atoms with E-state index >= 15 is 0 Å². The van der Waals surface area contributed by atoms with Crippen molar-refractivity contribution in [3.63, 3.8) is 0 Å². The second kappa shape index (κ2) is 11.9. The molecule has 1 amide bonds. The molecule has 8 nitrogen and oxygen atoms in total. The van der Waals surface area contributed by atoms with E-state index in [1.54, 1.807) is 30.3 Å². The molecule has 1 aliphatic carbocycles. The number of carbonyl (C=O) groups excluding carboxylic acids is 1. The number of nitriles is 1. The summed E-state index contributed by atoms with van der Waals surface area (Å²) >= 11 is 6.17. The Kier molecular flexibility index (Phi) is 9.27. The molecule has 1 saturated carbocycles. The predicted octanol–water partition coefficient (Wildman–Crippen LogP) is 5.20. The average molecular weight is 582 g/mol. The topological polar surface area (TPSA) is 121 Å². The van der Waals surface area contributed by atoms with E-state index in [4.69, 9.17) is 36.2 Å². The van der Waals surface area contributed by atoms with Gasteiger partial charge in [0.25, 0.3) is 5.91 Å². The van der Waals surface area contributed by atoms with E-state index in [-0.39, 0.29) is 35.0 Å². The second-order valence-corrected chi connectivity index (χ2v) is 11.3. The Morgan fingerprint density at radius 2 is 1.65 bits per heavy atom. The van der Waals surface area contributed by atoms with Crippen molar-refractivity contribution in [2.24, 2.45) is 10.8 Å². The average Bonchev–Trinajstić information content (AvgIpc) is 3.39. The van der Waals surface area contributed by atoms with Crippen LogP contribution in [0.5, 0.6) is 11.5 Å². The van der Waals surface area contributed by atoms with E-state index in [2.05, 4.69) is 44.4 Å². The molecule has 0 unspecified atom stereocenters. The zero-order chi connectivity index (χ0) is 29.9. The molecule has 1 atom stereocenters. The normalized spacial score (nSPS) is 22.5. The summed E-state index contributed by atoms with van der Waals surface area (Å²) in [6, 6.07) is 14.4. The standard InChI is InChI=1S/C26H30ClN3O3.C2HF3O2/c1-25(2)23(26(3,4)24(25)33-19-10-7-17(14-28)21(27)13-19)30-22(31)16-5-8-18(9-6-16)32-20-11-12-29-15-20;3-2(4,5)1(6)7/h5-10,13,20,23-24,29H,11-12,15H2,1-4H3,(H,30,31);(H,6,7)/t20-,23?,24?;/m1./s1. The molecule has 0 radical (unpaired) electrons. The lowest BCUT2D eigenvalue weighted by molar-refractivity contribution is -0.192. The van der Waals surface area contributed by atoms with Crippen LogP contribution in [0.1, 0.15) is 50.0 Å². The Hall–Kier alpha value is -3.49. The summed E-state index contributed by atoms with van der Waals surface area (Å²) in [6.45, 7) is 10.2. The molecule has 3 N–H and O–H groups in total. The quantitative estimate of drug-likeness (QED) is 0.429. The Morgan fingerprint density at radius 1 is 1.07 bits per heavy atom. The van der Waals surface area contributed by atoms with E-state index in [1.807, 2.05) is 12.1 Å². The number of carbonyl (C=O) groups is 2. The third kappa shape index (κ3) is 6.98. The third-order valence-electron chi connectivity index (χ3n) is 7.11. The first-order chi connectivity index (χ1) is 18.6. The molecule has 2 fully saturated rings. The van der Waals surface area contributed by atoms with Crippen LogP contribution >= 0.6 is 11.6 Å². The largest absolute Gasteiger partial charge is 0.490 e. The van der Waals surface area contributed by atoms with Crippen LogP contribution in [0.2, 0.25) is 5.02 Å². The fourth-order valence-electron chi connectivity index (χ4n) is 5.42. The molecule has 2 aliphatic rings.